The Hall–Kier alpha value is -0.470. The molecule has 0 aliphatic rings. The Morgan fingerprint density at radius 3 is 2.18 bits per heavy atom. The fourth-order valence-corrected chi connectivity index (χ4v) is 2.75. The van der Waals surface area contributed by atoms with E-state index < -0.39 is 8.07 Å². The summed E-state index contributed by atoms with van der Waals surface area (Å²) in [6, 6.07) is 4.28. The van der Waals surface area contributed by atoms with Crippen LogP contribution in [0.4, 0.5) is 0 Å². The van der Waals surface area contributed by atoms with Crippen LogP contribution in [-0.4, -0.2) is 8.07 Å². The number of rotatable bonds is 4. The zero-order valence-electron chi connectivity index (χ0n) is 10.9. The first kappa shape index (κ1) is 16.5. The maximum atomic E-state index is 11.8. The van der Waals surface area contributed by atoms with Crippen LogP contribution in [0.1, 0.15) is 18.1 Å². The molecular weight excluding hydrogens is 275 g/mol. The zero-order chi connectivity index (χ0) is 12.3. The van der Waals surface area contributed by atoms with Gasteiger partial charge in [0.1, 0.15) is 0 Å². The summed E-state index contributed by atoms with van der Waals surface area (Å²) in [6.07, 6.45) is 1.60. The predicted octanol–water partition coefficient (Wildman–Crippen LogP) is 2.27. The molecule has 0 radical (unpaired) electrons. The zero-order valence-corrected chi connectivity index (χ0v) is 12.9. The van der Waals surface area contributed by atoms with Crippen molar-refractivity contribution in [2.75, 3.05) is 0 Å². The molecule has 0 amide bonds. The first-order chi connectivity index (χ1) is 7.35. The third kappa shape index (κ3) is 4.72. The molecule has 17 heavy (non-hydrogen) atoms. The Morgan fingerprint density at radius 1 is 1.12 bits per heavy atom. The summed E-state index contributed by atoms with van der Waals surface area (Å²) in [5, 5.41) is 23.1. The average molecular weight is 295 g/mol. The number of benzene rings is 1. The first-order valence-corrected chi connectivity index (χ1v) is 9.54. The van der Waals surface area contributed by atoms with Crippen molar-refractivity contribution in [3.63, 3.8) is 0 Å². The van der Waals surface area contributed by atoms with Crippen molar-refractivity contribution in [1.82, 2.24) is 0 Å². The molecule has 0 heterocycles. The number of hydrogen-bond donors (Lipinski definition) is 0. The number of hydrogen-bond acceptors (Lipinski definition) is 2. The molecule has 0 aromatic heterocycles. The molecule has 98 valence electrons. The van der Waals surface area contributed by atoms with Gasteiger partial charge in [-0.3, -0.25) is 0 Å². The normalized spacial score (nSPS) is 11.1. The Labute approximate surface area is 115 Å². The maximum absolute atomic E-state index is 11.8. The quantitative estimate of drug-likeness (QED) is 0.800. The summed E-state index contributed by atoms with van der Waals surface area (Å²) in [5.74, 6) is -0.639. The fourth-order valence-electron chi connectivity index (χ4n) is 1.75. The van der Waals surface area contributed by atoms with Crippen LogP contribution in [0.25, 0.3) is 0 Å². The molecule has 0 spiro atoms. The molecule has 0 N–H and O–H groups in total. The van der Waals surface area contributed by atoms with Crippen molar-refractivity contribution in [2.24, 2.45) is 0 Å². The van der Waals surface area contributed by atoms with Crippen molar-refractivity contribution >= 4 is 8.07 Å². The summed E-state index contributed by atoms with van der Waals surface area (Å²) >= 11 is 0. The molecule has 1 aromatic carbocycles. The second-order valence-electron chi connectivity index (χ2n) is 5.44. The SMILES string of the molecule is CCc1ccc([O-])c([O-])c1CC[Si](C)(C)C.[Ni+2]. The van der Waals surface area contributed by atoms with Crippen LogP contribution >= 0.6 is 0 Å². The van der Waals surface area contributed by atoms with Gasteiger partial charge in [0.05, 0.1) is 0 Å². The minimum atomic E-state index is -1.16. The van der Waals surface area contributed by atoms with Gasteiger partial charge in [-0.25, -0.2) is 0 Å². The van der Waals surface area contributed by atoms with Crippen LogP contribution in [-0.2, 0) is 29.3 Å². The van der Waals surface area contributed by atoms with E-state index in [1.165, 1.54) is 6.07 Å². The molecule has 0 fully saturated rings. The van der Waals surface area contributed by atoms with E-state index in [4.69, 9.17) is 0 Å². The Kier molecular flexibility index (Phi) is 6.28. The van der Waals surface area contributed by atoms with E-state index in [1.807, 2.05) is 13.0 Å². The Morgan fingerprint density at radius 2 is 1.71 bits per heavy atom. The van der Waals surface area contributed by atoms with Gasteiger partial charge in [-0.15, -0.1) is 11.5 Å². The standard InChI is InChI=1S/C13H22O2Si.Ni/c1-5-10-6-7-12(14)13(15)11(10)8-9-16(2,3)4;/h6-7,14-15H,5,8-9H2,1-4H3;/q;+2/p-2. The Bertz CT molecular complexity index is 372. The van der Waals surface area contributed by atoms with Gasteiger partial charge < -0.3 is 10.2 Å². The summed E-state index contributed by atoms with van der Waals surface area (Å²) in [4.78, 5) is 0. The molecule has 1 aromatic rings. The third-order valence-corrected chi connectivity index (χ3v) is 4.58. The van der Waals surface area contributed by atoms with Gasteiger partial charge in [0.2, 0.25) is 0 Å². The van der Waals surface area contributed by atoms with E-state index in [1.54, 1.807) is 0 Å². The maximum Gasteiger partial charge on any atom is 2.00 e. The monoisotopic (exact) mass is 294 g/mol. The van der Waals surface area contributed by atoms with Crippen LogP contribution in [0.5, 0.6) is 11.5 Å². The van der Waals surface area contributed by atoms with Gasteiger partial charge in [-0.2, -0.15) is 0 Å². The molecule has 0 aliphatic heterocycles. The van der Waals surface area contributed by atoms with Gasteiger partial charge in [0.15, 0.2) is 0 Å². The summed E-state index contributed by atoms with van der Waals surface area (Å²) in [7, 11) is -1.16. The van der Waals surface area contributed by atoms with E-state index in [2.05, 4.69) is 19.6 Å². The van der Waals surface area contributed by atoms with Gasteiger partial charge >= 0.3 is 16.5 Å². The van der Waals surface area contributed by atoms with Crippen molar-refractivity contribution in [3.8, 4) is 11.5 Å². The largest absolute Gasteiger partial charge is 2.00 e. The van der Waals surface area contributed by atoms with Crippen LogP contribution < -0.4 is 10.2 Å². The van der Waals surface area contributed by atoms with E-state index in [0.717, 1.165) is 30.0 Å². The van der Waals surface area contributed by atoms with Crippen molar-refractivity contribution in [2.45, 2.75) is 45.5 Å². The van der Waals surface area contributed by atoms with Crippen molar-refractivity contribution in [1.29, 1.82) is 0 Å². The molecule has 0 unspecified atom stereocenters. The second kappa shape index (κ2) is 6.46. The minimum Gasteiger partial charge on any atom is -0.873 e. The first-order valence-electron chi connectivity index (χ1n) is 5.84. The van der Waals surface area contributed by atoms with Crippen molar-refractivity contribution in [3.05, 3.63) is 23.3 Å². The topological polar surface area (TPSA) is 46.1 Å². The molecule has 4 heteroatoms. The molecular formula is C13H20NiO2Si. The molecule has 1 rings (SSSR count). The number of aryl methyl sites for hydroxylation is 1. The van der Waals surface area contributed by atoms with E-state index in [0.29, 0.717) is 0 Å². The van der Waals surface area contributed by atoms with Crippen LogP contribution in [0.3, 0.4) is 0 Å². The third-order valence-electron chi connectivity index (χ3n) is 2.83. The molecule has 0 atom stereocenters. The Balaban J connectivity index is 0.00000256. The average Bonchev–Trinajstić information content (AvgIpc) is 2.19. The van der Waals surface area contributed by atoms with Gasteiger partial charge in [0, 0.05) is 8.07 Å². The second-order valence-corrected chi connectivity index (χ2v) is 11.1. The van der Waals surface area contributed by atoms with Gasteiger partial charge in [-0.05, 0) is 18.4 Å². The van der Waals surface area contributed by atoms with Gasteiger partial charge in [-0.1, -0.05) is 50.3 Å². The smallest absolute Gasteiger partial charge is 0.873 e. The van der Waals surface area contributed by atoms with Crippen molar-refractivity contribution < 1.29 is 26.7 Å². The molecule has 0 bridgehead atoms. The van der Waals surface area contributed by atoms with Gasteiger partial charge in [0.25, 0.3) is 0 Å². The van der Waals surface area contributed by atoms with E-state index >= 15 is 0 Å². The van der Waals surface area contributed by atoms with Crippen LogP contribution in [0.2, 0.25) is 25.7 Å². The summed E-state index contributed by atoms with van der Waals surface area (Å²) in [5.41, 5.74) is 1.81. The minimum absolute atomic E-state index is 0. The van der Waals surface area contributed by atoms with E-state index in [-0.39, 0.29) is 28.0 Å². The van der Waals surface area contributed by atoms with Crippen LogP contribution in [0, 0.1) is 0 Å². The summed E-state index contributed by atoms with van der Waals surface area (Å²) in [6.45, 7) is 8.87. The summed E-state index contributed by atoms with van der Waals surface area (Å²) < 4.78 is 0. The van der Waals surface area contributed by atoms with Crippen LogP contribution in [0.15, 0.2) is 12.1 Å². The predicted molar refractivity (Wildman–Crippen MR) is 66.6 cm³/mol. The van der Waals surface area contributed by atoms with E-state index in [9.17, 15) is 10.2 Å². The molecule has 0 saturated heterocycles. The molecule has 2 nitrogen and oxygen atoms in total. The fraction of sp³-hybridized carbons (Fsp3) is 0.538. The molecule has 0 saturated carbocycles. The molecule has 0 aliphatic carbocycles.